The predicted octanol–water partition coefficient (Wildman–Crippen LogP) is 4.38. The lowest BCUT2D eigenvalue weighted by Gasteiger charge is -2.34. The van der Waals surface area contributed by atoms with Crippen LogP contribution < -0.4 is 14.5 Å². The van der Waals surface area contributed by atoms with Gasteiger partial charge in [-0.15, -0.1) is 0 Å². The molecule has 5 nitrogen and oxygen atoms in total. The zero-order chi connectivity index (χ0) is 18.4. The largest absolute Gasteiger partial charge is 0.497 e. The van der Waals surface area contributed by atoms with Crippen LogP contribution in [-0.4, -0.2) is 43.3 Å². The molecule has 3 heterocycles. The predicted molar refractivity (Wildman–Crippen MR) is 110 cm³/mol. The molecular weight excluding hydrogens is 383 g/mol. The topological polar surface area (TPSA) is 41.5 Å². The Hall–Kier alpha value is -2.45. The monoisotopic (exact) mass is 400 g/mol. The molecule has 1 aliphatic heterocycles. The van der Waals surface area contributed by atoms with Gasteiger partial charge < -0.3 is 14.5 Å². The Balaban J connectivity index is 1.34. The molecule has 0 radical (unpaired) electrons. The first kappa shape index (κ1) is 16.7. The fourth-order valence-corrected chi connectivity index (χ4v) is 5.36. The van der Waals surface area contributed by atoms with Crippen molar-refractivity contribution >= 4 is 53.4 Å². The first-order valence-corrected chi connectivity index (χ1v) is 10.3. The summed E-state index contributed by atoms with van der Waals surface area (Å²) in [6.07, 6.45) is 0. The smallest absolute Gasteiger partial charge is 0.186 e. The summed E-state index contributed by atoms with van der Waals surface area (Å²) in [5, 5.41) is 1.93. The van der Waals surface area contributed by atoms with Crippen molar-refractivity contribution in [3.63, 3.8) is 0 Å². The number of halogens is 1. The SMILES string of the molecule is COc1ccc2nc(N3CCN(c4nc5c(F)cccc5s4)CC3)sc2c1. The van der Waals surface area contributed by atoms with E-state index in [1.54, 1.807) is 35.8 Å². The number of anilines is 2. The summed E-state index contributed by atoms with van der Waals surface area (Å²) in [7, 11) is 1.68. The number of benzene rings is 2. The number of rotatable bonds is 3. The van der Waals surface area contributed by atoms with Gasteiger partial charge in [-0.25, -0.2) is 14.4 Å². The standard InChI is InChI=1S/C19H17FN4OS2/c1-25-12-5-6-14-16(11-12)27-18(21-14)23-7-9-24(10-8-23)19-22-17-13(20)3-2-4-15(17)26-19/h2-6,11H,7-10H2,1H3. The molecule has 1 aliphatic rings. The molecule has 2 aromatic carbocycles. The number of fused-ring (bicyclic) bond motifs is 2. The molecular formula is C19H17FN4OS2. The summed E-state index contributed by atoms with van der Waals surface area (Å²) in [5.74, 6) is 0.601. The van der Waals surface area contributed by atoms with Gasteiger partial charge in [0.05, 0.1) is 22.0 Å². The van der Waals surface area contributed by atoms with Gasteiger partial charge in [0.2, 0.25) is 0 Å². The highest BCUT2D eigenvalue weighted by Crippen LogP contribution is 2.34. The lowest BCUT2D eigenvalue weighted by Crippen LogP contribution is -2.46. The van der Waals surface area contributed by atoms with Gasteiger partial charge in [-0.05, 0) is 30.3 Å². The normalized spacial score (nSPS) is 15.0. The molecule has 2 aromatic heterocycles. The molecule has 27 heavy (non-hydrogen) atoms. The van der Waals surface area contributed by atoms with Gasteiger partial charge in [-0.1, -0.05) is 28.7 Å². The van der Waals surface area contributed by atoms with E-state index in [2.05, 4.69) is 14.8 Å². The van der Waals surface area contributed by atoms with Crippen LogP contribution in [0.4, 0.5) is 14.7 Å². The van der Waals surface area contributed by atoms with E-state index in [-0.39, 0.29) is 5.82 Å². The van der Waals surface area contributed by atoms with Gasteiger partial charge in [-0.2, -0.15) is 0 Å². The molecule has 0 unspecified atom stereocenters. The third kappa shape index (κ3) is 2.98. The van der Waals surface area contributed by atoms with Crippen LogP contribution in [0.3, 0.4) is 0 Å². The summed E-state index contributed by atoms with van der Waals surface area (Å²) in [5.41, 5.74) is 1.47. The Morgan fingerprint density at radius 2 is 1.63 bits per heavy atom. The minimum Gasteiger partial charge on any atom is -0.497 e. The molecule has 0 bridgehead atoms. The van der Waals surface area contributed by atoms with Crippen molar-refractivity contribution < 1.29 is 9.13 Å². The molecule has 0 atom stereocenters. The Morgan fingerprint density at radius 1 is 0.926 bits per heavy atom. The molecule has 0 saturated carbocycles. The fraction of sp³-hybridized carbons (Fsp3) is 0.263. The Labute approximate surface area is 163 Å². The van der Waals surface area contributed by atoms with E-state index in [1.807, 2.05) is 24.3 Å². The number of aromatic nitrogens is 2. The van der Waals surface area contributed by atoms with E-state index < -0.39 is 0 Å². The van der Waals surface area contributed by atoms with Crippen molar-refractivity contribution in [2.24, 2.45) is 0 Å². The summed E-state index contributed by atoms with van der Waals surface area (Å²) >= 11 is 3.24. The Kier molecular flexibility index (Phi) is 4.09. The number of thiazole rings is 2. The van der Waals surface area contributed by atoms with Crippen LogP contribution in [0.5, 0.6) is 5.75 Å². The van der Waals surface area contributed by atoms with E-state index in [9.17, 15) is 4.39 Å². The van der Waals surface area contributed by atoms with E-state index in [4.69, 9.17) is 9.72 Å². The highest BCUT2D eigenvalue weighted by Gasteiger charge is 2.22. The molecule has 0 N–H and O–H groups in total. The van der Waals surface area contributed by atoms with Crippen molar-refractivity contribution in [2.45, 2.75) is 0 Å². The molecule has 0 spiro atoms. The van der Waals surface area contributed by atoms with E-state index in [0.29, 0.717) is 5.52 Å². The van der Waals surface area contributed by atoms with E-state index >= 15 is 0 Å². The maximum atomic E-state index is 13.9. The zero-order valence-electron chi connectivity index (χ0n) is 14.7. The first-order valence-electron chi connectivity index (χ1n) is 8.71. The number of nitrogens with zero attached hydrogens (tertiary/aromatic N) is 4. The quantitative estimate of drug-likeness (QED) is 0.510. The molecule has 1 fully saturated rings. The second-order valence-corrected chi connectivity index (χ2v) is 8.41. The van der Waals surface area contributed by atoms with Gasteiger partial charge in [0.15, 0.2) is 10.3 Å². The second-order valence-electron chi connectivity index (χ2n) is 6.39. The lowest BCUT2D eigenvalue weighted by molar-refractivity contribution is 0.415. The third-order valence-electron chi connectivity index (χ3n) is 4.76. The van der Waals surface area contributed by atoms with Gasteiger partial charge in [0, 0.05) is 26.2 Å². The summed E-state index contributed by atoms with van der Waals surface area (Å²) in [4.78, 5) is 13.8. The molecule has 0 amide bonds. The Bertz CT molecular complexity index is 1120. The van der Waals surface area contributed by atoms with E-state index in [0.717, 1.165) is 57.1 Å². The van der Waals surface area contributed by atoms with Crippen LogP contribution in [0.25, 0.3) is 20.4 Å². The van der Waals surface area contributed by atoms with Crippen LogP contribution in [-0.2, 0) is 0 Å². The van der Waals surface area contributed by atoms with Crippen molar-refractivity contribution in [1.82, 2.24) is 9.97 Å². The number of para-hydroxylation sites is 1. The molecule has 138 valence electrons. The van der Waals surface area contributed by atoms with Crippen molar-refractivity contribution in [1.29, 1.82) is 0 Å². The summed E-state index contributed by atoms with van der Waals surface area (Å²) in [6, 6.07) is 11.1. The number of hydrogen-bond acceptors (Lipinski definition) is 7. The minimum absolute atomic E-state index is 0.251. The number of piperazine rings is 1. The van der Waals surface area contributed by atoms with Crippen molar-refractivity contribution in [3.8, 4) is 5.75 Å². The highest BCUT2D eigenvalue weighted by atomic mass is 32.1. The molecule has 8 heteroatoms. The third-order valence-corrected chi connectivity index (χ3v) is 6.92. The lowest BCUT2D eigenvalue weighted by atomic mass is 10.3. The maximum absolute atomic E-state index is 13.9. The maximum Gasteiger partial charge on any atom is 0.186 e. The summed E-state index contributed by atoms with van der Waals surface area (Å²) < 4.78 is 21.2. The van der Waals surface area contributed by atoms with Crippen LogP contribution in [0, 0.1) is 5.82 Å². The van der Waals surface area contributed by atoms with Crippen LogP contribution >= 0.6 is 22.7 Å². The van der Waals surface area contributed by atoms with E-state index in [1.165, 1.54) is 6.07 Å². The number of ether oxygens (including phenoxy) is 1. The minimum atomic E-state index is -0.251. The highest BCUT2D eigenvalue weighted by molar-refractivity contribution is 7.22. The average molecular weight is 401 g/mol. The molecule has 0 aliphatic carbocycles. The van der Waals surface area contributed by atoms with Gasteiger partial charge in [-0.3, -0.25) is 0 Å². The van der Waals surface area contributed by atoms with Crippen LogP contribution in [0.2, 0.25) is 0 Å². The number of hydrogen-bond donors (Lipinski definition) is 0. The van der Waals surface area contributed by atoms with Crippen molar-refractivity contribution in [3.05, 3.63) is 42.2 Å². The molecule has 4 aromatic rings. The second kappa shape index (κ2) is 6.61. The molecule has 5 rings (SSSR count). The van der Waals surface area contributed by atoms with Gasteiger partial charge in [0.25, 0.3) is 0 Å². The average Bonchev–Trinajstić information content (AvgIpc) is 3.32. The summed E-state index contributed by atoms with van der Waals surface area (Å²) in [6.45, 7) is 3.44. The fourth-order valence-electron chi connectivity index (χ4n) is 3.28. The zero-order valence-corrected chi connectivity index (χ0v) is 16.3. The van der Waals surface area contributed by atoms with Crippen LogP contribution in [0.15, 0.2) is 36.4 Å². The van der Waals surface area contributed by atoms with Gasteiger partial charge >= 0.3 is 0 Å². The van der Waals surface area contributed by atoms with Gasteiger partial charge in [0.1, 0.15) is 17.1 Å². The number of methoxy groups -OCH3 is 1. The van der Waals surface area contributed by atoms with Crippen molar-refractivity contribution in [2.75, 3.05) is 43.1 Å². The first-order chi connectivity index (χ1) is 13.2. The van der Waals surface area contributed by atoms with Crippen LogP contribution in [0.1, 0.15) is 0 Å². The Morgan fingerprint density at radius 3 is 2.33 bits per heavy atom. The molecule has 1 saturated heterocycles.